The molecule has 5 nitrogen and oxygen atoms in total. The summed E-state index contributed by atoms with van der Waals surface area (Å²) in [5.41, 5.74) is -0.616. The highest BCUT2D eigenvalue weighted by Gasteiger charge is 2.63. The number of carbonyl (C=O) groups excluding carboxylic acids is 1. The molecule has 1 rings (SSSR count). The van der Waals surface area contributed by atoms with E-state index in [0.717, 1.165) is 0 Å². The smallest absolute Gasteiger partial charge is 0.323 e. The van der Waals surface area contributed by atoms with Crippen LogP contribution in [0.2, 0.25) is 0 Å². The van der Waals surface area contributed by atoms with E-state index in [2.05, 4.69) is 0 Å². The van der Waals surface area contributed by atoms with Crippen molar-refractivity contribution in [2.24, 2.45) is 5.41 Å². The molecule has 0 aromatic heterocycles. The zero-order valence-corrected chi connectivity index (χ0v) is 10.5. The van der Waals surface area contributed by atoms with Crippen molar-refractivity contribution in [2.75, 3.05) is 12.8 Å². The quantitative estimate of drug-likeness (QED) is 0.564. The van der Waals surface area contributed by atoms with Crippen LogP contribution in [0.5, 0.6) is 0 Å². The molecule has 0 aliphatic carbocycles. The van der Waals surface area contributed by atoms with Gasteiger partial charge in [0.05, 0.1) is 6.26 Å². The maximum Gasteiger partial charge on any atom is 0.323 e. The van der Waals surface area contributed by atoms with Gasteiger partial charge in [-0.3, -0.25) is 14.5 Å². The van der Waals surface area contributed by atoms with Crippen LogP contribution in [-0.2, 0) is 20.8 Å². The fourth-order valence-electron chi connectivity index (χ4n) is 2.43. The Balaban J connectivity index is 2.92. The van der Waals surface area contributed by atoms with Crippen molar-refractivity contribution in [1.82, 2.24) is 4.90 Å². The number of likely N-dealkylation sites (tertiary alicyclic amines) is 1. The number of hydrogen-bond donors (Lipinski definition) is 1. The van der Waals surface area contributed by atoms with E-state index in [1.54, 1.807) is 0 Å². The Hall–Kier alpha value is -0.750. The van der Waals surface area contributed by atoms with E-state index in [-0.39, 0.29) is 12.5 Å². The molecule has 0 aromatic carbocycles. The highest BCUT2D eigenvalue weighted by molar-refractivity contribution is 7.91. The molecule has 2 unspecified atom stereocenters. The van der Waals surface area contributed by atoms with Crippen molar-refractivity contribution in [3.63, 3.8) is 0 Å². The second-order valence-corrected chi connectivity index (χ2v) is 5.48. The van der Waals surface area contributed by atoms with E-state index < -0.39 is 27.9 Å². The fourth-order valence-corrected chi connectivity index (χ4v) is 4.03. The van der Waals surface area contributed by atoms with E-state index in [9.17, 15) is 14.1 Å². The SMILES string of the molecule is CCC1(CC)C(=O)N(CC(=O)O)C1[S+](C)[O-]. The molecule has 0 aromatic rings. The normalized spacial score (nSPS) is 25.1. The minimum Gasteiger partial charge on any atom is -0.615 e. The Morgan fingerprint density at radius 1 is 1.56 bits per heavy atom. The van der Waals surface area contributed by atoms with Crippen molar-refractivity contribution in [3.8, 4) is 0 Å². The molecule has 1 N–H and O–H groups in total. The summed E-state index contributed by atoms with van der Waals surface area (Å²) < 4.78 is 11.6. The lowest BCUT2D eigenvalue weighted by Gasteiger charge is -2.53. The zero-order valence-electron chi connectivity index (χ0n) is 9.73. The molecule has 0 bridgehead atoms. The van der Waals surface area contributed by atoms with Gasteiger partial charge in [-0.2, -0.15) is 0 Å². The predicted octanol–water partition coefficient (Wildman–Crippen LogP) is 0.424. The molecule has 1 saturated heterocycles. The number of carboxylic acids is 1. The minimum absolute atomic E-state index is 0.180. The van der Waals surface area contributed by atoms with Gasteiger partial charge < -0.3 is 9.66 Å². The maximum absolute atomic E-state index is 11.9. The number of nitrogens with zero attached hydrogens (tertiary/aromatic N) is 1. The number of carboxylic acid groups (broad SMARTS) is 1. The second-order valence-electron chi connectivity index (χ2n) is 4.04. The molecular formula is C10H17NO4S. The van der Waals surface area contributed by atoms with Crippen LogP contribution in [0.3, 0.4) is 0 Å². The third-order valence-corrected chi connectivity index (χ3v) is 4.66. The van der Waals surface area contributed by atoms with Gasteiger partial charge in [-0.1, -0.05) is 13.8 Å². The lowest BCUT2D eigenvalue weighted by molar-refractivity contribution is -0.170. The first kappa shape index (κ1) is 13.3. The van der Waals surface area contributed by atoms with Gasteiger partial charge in [-0.25, -0.2) is 0 Å². The van der Waals surface area contributed by atoms with Crippen LogP contribution < -0.4 is 0 Å². The number of rotatable bonds is 5. The highest BCUT2D eigenvalue weighted by Crippen LogP contribution is 2.47. The van der Waals surface area contributed by atoms with Crippen molar-refractivity contribution in [2.45, 2.75) is 32.1 Å². The molecule has 1 fully saturated rings. The lowest BCUT2D eigenvalue weighted by Crippen LogP contribution is -2.71. The molecule has 0 radical (unpaired) electrons. The molecule has 6 heteroatoms. The van der Waals surface area contributed by atoms with Gasteiger partial charge in [0.25, 0.3) is 0 Å². The van der Waals surface area contributed by atoms with Gasteiger partial charge in [0, 0.05) is 0 Å². The predicted molar refractivity (Wildman–Crippen MR) is 60.2 cm³/mol. The molecule has 92 valence electrons. The summed E-state index contributed by atoms with van der Waals surface area (Å²) in [6.45, 7) is 3.39. The summed E-state index contributed by atoms with van der Waals surface area (Å²) in [6.07, 6.45) is 2.72. The van der Waals surface area contributed by atoms with Crippen LogP contribution in [0.4, 0.5) is 0 Å². The second kappa shape index (κ2) is 4.63. The maximum atomic E-state index is 11.9. The molecule has 1 heterocycles. The summed E-state index contributed by atoms with van der Waals surface area (Å²) in [7, 11) is 0. The third-order valence-electron chi connectivity index (χ3n) is 3.32. The van der Waals surface area contributed by atoms with E-state index in [1.165, 1.54) is 11.2 Å². The van der Waals surface area contributed by atoms with Crippen LogP contribution >= 0.6 is 0 Å². The van der Waals surface area contributed by atoms with E-state index in [4.69, 9.17) is 5.11 Å². The van der Waals surface area contributed by atoms with Crippen LogP contribution in [0.1, 0.15) is 26.7 Å². The number of hydrogen-bond acceptors (Lipinski definition) is 3. The summed E-state index contributed by atoms with van der Waals surface area (Å²) in [5.74, 6) is -1.25. The summed E-state index contributed by atoms with van der Waals surface area (Å²) in [6, 6.07) is 0. The van der Waals surface area contributed by atoms with Gasteiger partial charge in [-0.05, 0) is 24.0 Å². The standard InChI is InChI=1S/C10H17NO4S/c1-4-10(5-2)8(14)11(6-7(12)13)9(10)16(3)15/h9H,4-6H2,1-3H3,(H,12,13). The van der Waals surface area contributed by atoms with Gasteiger partial charge in [0.2, 0.25) is 11.3 Å². The van der Waals surface area contributed by atoms with E-state index in [0.29, 0.717) is 12.8 Å². The summed E-state index contributed by atoms with van der Waals surface area (Å²) in [5, 5.41) is 8.24. The van der Waals surface area contributed by atoms with Crippen LogP contribution in [-0.4, -0.2) is 44.6 Å². The molecule has 1 aliphatic heterocycles. The molecule has 1 amide bonds. The Morgan fingerprint density at radius 3 is 2.38 bits per heavy atom. The van der Waals surface area contributed by atoms with E-state index in [1.807, 2.05) is 13.8 Å². The Labute approximate surface area is 98.0 Å². The van der Waals surface area contributed by atoms with E-state index >= 15 is 0 Å². The molecule has 2 atom stereocenters. The van der Waals surface area contributed by atoms with Crippen molar-refractivity contribution in [3.05, 3.63) is 0 Å². The molecule has 0 saturated carbocycles. The first-order valence-corrected chi connectivity index (χ1v) is 6.88. The Kier molecular flexibility index (Phi) is 3.85. The summed E-state index contributed by atoms with van der Waals surface area (Å²) in [4.78, 5) is 23.7. The van der Waals surface area contributed by atoms with Crippen LogP contribution in [0.15, 0.2) is 0 Å². The largest absolute Gasteiger partial charge is 0.615 e. The number of carbonyl (C=O) groups is 2. The zero-order chi connectivity index (χ0) is 12.5. The molecule has 16 heavy (non-hydrogen) atoms. The van der Waals surface area contributed by atoms with Gasteiger partial charge in [0.1, 0.15) is 12.0 Å². The number of amides is 1. The van der Waals surface area contributed by atoms with Crippen molar-refractivity contribution < 1.29 is 19.2 Å². The Bertz CT molecular complexity index is 301. The molecule has 0 spiro atoms. The van der Waals surface area contributed by atoms with Crippen LogP contribution in [0, 0.1) is 5.41 Å². The van der Waals surface area contributed by atoms with Crippen molar-refractivity contribution >= 4 is 23.1 Å². The average molecular weight is 247 g/mol. The third kappa shape index (κ3) is 1.80. The Morgan fingerprint density at radius 2 is 2.06 bits per heavy atom. The lowest BCUT2D eigenvalue weighted by atomic mass is 9.73. The van der Waals surface area contributed by atoms with Gasteiger partial charge in [0.15, 0.2) is 0 Å². The minimum atomic E-state index is -1.22. The number of aliphatic carboxylic acids is 1. The van der Waals surface area contributed by atoms with Crippen molar-refractivity contribution in [1.29, 1.82) is 0 Å². The van der Waals surface area contributed by atoms with Crippen LogP contribution in [0.25, 0.3) is 0 Å². The molecular weight excluding hydrogens is 230 g/mol. The average Bonchev–Trinajstić information content (AvgIpc) is 2.21. The first-order chi connectivity index (χ1) is 7.40. The highest BCUT2D eigenvalue weighted by atomic mass is 32.2. The van der Waals surface area contributed by atoms with Gasteiger partial charge in [-0.15, -0.1) is 0 Å². The van der Waals surface area contributed by atoms with Gasteiger partial charge >= 0.3 is 5.97 Å². The topological polar surface area (TPSA) is 80.7 Å². The fraction of sp³-hybridized carbons (Fsp3) is 0.800. The first-order valence-electron chi connectivity index (χ1n) is 5.25. The molecule has 1 aliphatic rings. The number of β-lactam (4-membered cyclic amide) rings is 1. The monoisotopic (exact) mass is 247 g/mol. The summed E-state index contributed by atoms with van der Waals surface area (Å²) >= 11 is -1.22.